The van der Waals surface area contributed by atoms with Crippen LogP contribution in [0.25, 0.3) is 0 Å². The smallest absolute Gasteiger partial charge is 0.318 e. The van der Waals surface area contributed by atoms with E-state index >= 15 is 0 Å². The summed E-state index contributed by atoms with van der Waals surface area (Å²) in [6.45, 7) is 4.25. The number of carbonyl (C=O) groups is 1. The van der Waals surface area contributed by atoms with Crippen molar-refractivity contribution in [3.63, 3.8) is 0 Å². The molecule has 5 nitrogen and oxygen atoms in total. The van der Waals surface area contributed by atoms with Gasteiger partial charge >= 0.3 is 5.97 Å². The van der Waals surface area contributed by atoms with E-state index < -0.39 is 5.92 Å². The summed E-state index contributed by atoms with van der Waals surface area (Å²) < 4.78 is 10.2. The number of carbonyl (C=O) groups excluding carboxylic acids is 1. The molecular formula is C14H22N2O3S. The molecule has 1 aromatic heterocycles. The second kappa shape index (κ2) is 7.11. The Labute approximate surface area is 123 Å². The number of thioether (sulfide) groups is 1. The Hall–Kier alpha value is -1.04. The molecule has 0 aliphatic heterocycles. The van der Waals surface area contributed by atoms with Gasteiger partial charge in [-0.25, -0.2) is 0 Å². The number of rotatable bonds is 6. The van der Waals surface area contributed by atoms with E-state index in [2.05, 4.69) is 24.0 Å². The zero-order valence-corrected chi connectivity index (χ0v) is 13.1. The highest BCUT2D eigenvalue weighted by Crippen LogP contribution is 2.37. The molecule has 0 spiro atoms. The third kappa shape index (κ3) is 3.75. The van der Waals surface area contributed by atoms with Crippen LogP contribution in [0.4, 0.5) is 0 Å². The molecule has 0 amide bonds. The van der Waals surface area contributed by atoms with Crippen LogP contribution in [-0.2, 0) is 15.3 Å². The van der Waals surface area contributed by atoms with Gasteiger partial charge in [0.1, 0.15) is 5.92 Å². The quantitative estimate of drug-likeness (QED) is 0.752. The normalized spacial score (nSPS) is 17.6. The molecule has 6 heteroatoms. The minimum atomic E-state index is -0.396. The van der Waals surface area contributed by atoms with E-state index in [0.29, 0.717) is 22.7 Å². The van der Waals surface area contributed by atoms with E-state index in [-0.39, 0.29) is 11.9 Å². The minimum Gasteiger partial charge on any atom is -0.468 e. The SMILES string of the molecule is COC(=O)C(c1nc(CSC(C)C)no1)C1CCCC1. The first-order valence-electron chi connectivity index (χ1n) is 7.13. The molecule has 0 bridgehead atoms. The van der Waals surface area contributed by atoms with Gasteiger partial charge in [-0.3, -0.25) is 4.79 Å². The van der Waals surface area contributed by atoms with Gasteiger partial charge in [0.2, 0.25) is 5.89 Å². The molecule has 1 aromatic rings. The zero-order valence-electron chi connectivity index (χ0n) is 12.3. The fourth-order valence-electron chi connectivity index (χ4n) is 2.61. The highest BCUT2D eigenvalue weighted by molar-refractivity contribution is 7.99. The van der Waals surface area contributed by atoms with Crippen LogP contribution in [0.5, 0.6) is 0 Å². The van der Waals surface area contributed by atoms with Gasteiger partial charge in [0.05, 0.1) is 12.9 Å². The van der Waals surface area contributed by atoms with Crippen LogP contribution >= 0.6 is 11.8 Å². The standard InChI is InChI=1S/C14H22N2O3S/c1-9(2)20-8-11-15-13(19-16-11)12(14(17)18-3)10-6-4-5-7-10/h9-10,12H,4-8H2,1-3H3. The maximum absolute atomic E-state index is 12.0. The number of nitrogens with zero attached hydrogens (tertiary/aromatic N) is 2. The van der Waals surface area contributed by atoms with Gasteiger partial charge < -0.3 is 9.26 Å². The molecule has 1 heterocycles. The first-order chi connectivity index (χ1) is 9.61. The Morgan fingerprint density at radius 1 is 1.45 bits per heavy atom. The average molecular weight is 298 g/mol. The van der Waals surface area contributed by atoms with Gasteiger partial charge in [-0.05, 0) is 24.0 Å². The molecule has 1 fully saturated rings. The van der Waals surface area contributed by atoms with E-state index in [1.54, 1.807) is 11.8 Å². The lowest BCUT2D eigenvalue weighted by Gasteiger charge is -2.16. The third-order valence-corrected chi connectivity index (χ3v) is 4.71. The Balaban J connectivity index is 2.10. The van der Waals surface area contributed by atoms with Crippen molar-refractivity contribution in [1.29, 1.82) is 0 Å². The lowest BCUT2D eigenvalue weighted by Crippen LogP contribution is -2.21. The van der Waals surface area contributed by atoms with Gasteiger partial charge in [-0.2, -0.15) is 16.7 Å². The lowest BCUT2D eigenvalue weighted by molar-refractivity contribution is -0.144. The van der Waals surface area contributed by atoms with Crippen LogP contribution in [0, 0.1) is 5.92 Å². The van der Waals surface area contributed by atoms with Crippen molar-refractivity contribution in [1.82, 2.24) is 10.1 Å². The topological polar surface area (TPSA) is 65.2 Å². The molecule has 1 atom stereocenters. The summed E-state index contributed by atoms with van der Waals surface area (Å²) in [6.07, 6.45) is 4.36. The van der Waals surface area contributed by atoms with E-state index in [4.69, 9.17) is 9.26 Å². The fourth-order valence-corrected chi connectivity index (χ4v) is 3.21. The number of aromatic nitrogens is 2. The highest BCUT2D eigenvalue weighted by atomic mass is 32.2. The van der Waals surface area contributed by atoms with Crippen molar-refractivity contribution in [2.45, 2.75) is 56.5 Å². The van der Waals surface area contributed by atoms with Crippen LogP contribution in [-0.4, -0.2) is 28.5 Å². The number of methoxy groups -OCH3 is 1. The fraction of sp³-hybridized carbons (Fsp3) is 0.786. The van der Waals surface area contributed by atoms with Crippen LogP contribution in [0.15, 0.2) is 4.52 Å². The molecule has 0 aromatic carbocycles. The molecular weight excluding hydrogens is 276 g/mol. The Kier molecular flexibility index (Phi) is 5.46. The maximum Gasteiger partial charge on any atom is 0.318 e. The van der Waals surface area contributed by atoms with Gasteiger partial charge in [0.15, 0.2) is 5.82 Å². The van der Waals surface area contributed by atoms with Crippen molar-refractivity contribution < 1.29 is 14.1 Å². The summed E-state index contributed by atoms with van der Waals surface area (Å²) in [5.41, 5.74) is 0. The highest BCUT2D eigenvalue weighted by Gasteiger charge is 2.37. The Morgan fingerprint density at radius 3 is 2.75 bits per heavy atom. The molecule has 0 N–H and O–H groups in total. The number of hydrogen-bond donors (Lipinski definition) is 0. The summed E-state index contributed by atoms with van der Waals surface area (Å²) in [6, 6.07) is 0. The van der Waals surface area contributed by atoms with E-state index in [9.17, 15) is 4.79 Å². The van der Waals surface area contributed by atoms with Gasteiger partial charge in [-0.1, -0.05) is 31.8 Å². The van der Waals surface area contributed by atoms with E-state index in [0.717, 1.165) is 25.7 Å². The van der Waals surface area contributed by atoms with Gasteiger partial charge in [0.25, 0.3) is 0 Å². The second-order valence-electron chi connectivity index (χ2n) is 5.45. The monoisotopic (exact) mass is 298 g/mol. The van der Waals surface area contributed by atoms with Crippen LogP contribution in [0.3, 0.4) is 0 Å². The Morgan fingerprint density at radius 2 is 2.15 bits per heavy atom. The molecule has 112 valence electrons. The van der Waals surface area contributed by atoms with Gasteiger partial charge in [0, 0.05) is 0 Å². The van der Waals surface area contributed by atoms with Crippen molar-refractivity contribution in [3.8, 4) is 0 Å². The first-order valence-corrected chi connectivity index (χ1v) is 8.18. The maximum atomic E-state index is 12.0. The van der Waals surface area contributed by atoms with E-state index in [1.165, 1.54) is 7.11 Å². The Bertz CT molecular complexity index is 441. The number of ether oxygens (including phenoxy) is 1. The molecule has 0 radical (unpaired) electrons. The van der Waals surface area contributed by atoms with Crippen LogP contribution in [0.2, 0.25) is 0 Å². The summed E-state index contributed by atoms with van der Waals surface area (Å²) in [7, 11) is 1.41. The molecule has 1 aliphatic rings. The van der Waals surface area contributed by atoms with Gasteiger partial charge in [-0.15, -0.1) is 0 Å². The lowest BCUT2D eigenvalue weighted by atomic mass is 9.91. The third-order valence-electron chi connectivity index (χ3n) is 3.62. The summed E-state index contributed by atoms with van der Waals surface area (Å²) in [5, 5.41) is 4.50. The van der Waals surface area contributed by atoms with Crippen LogP contribution in [0.1, 0.15) is 57.2 Å². The summed E-state index contributed by atoms with van der Waals surface area (Å²) >= 11 is 1.75. The molecule has 1 saturated carbocycles. The molecule has 1 aliphatic carbocycles. The number of esters is 1. The van der Waals surface area contributed by atoms with Crippen molar-refractivity contribution >= 4 is 17.7 Å². The predicted molar refractivity (Wildman–Crippen MR) is 77.4 cm³/mol. The molecule has 20 heavy (non-hydrogen) atoms. The minimum absolute atomic E-state index is 0.261. The molecule has 1 unspecified atom stereocenters. The largest absolute Gasteiger partial charge is 0.468 e. The number of hydrogen-bond acceptors (Lipinski definition) is 6. The molecule has 2 rings (SSSR count). The molecule has 0 saturated heterocycles. The summed E-state index contributed by atoms with van der Waals surface area (Å²) in [5.74, 6) is 1.40. The van der Waals surface area contributed by atoms with Crippen molar-refractivity contribution in [3.05, 3.63) is 11.7 Å². The average Bonchev–Trinajstić information content (AvgIpc) is 3.08. The van der Waals surface area contributed by atoms with Crippen molar-refractivity contribution in [2.24, 2.45) is 5.92 Å². The van der Waals surface area contributed by atoms with E-state index in [1.807, 2.05) is 0 Å². The van der Waals surface area contributed by atoms with Crippen molar-refractivity contribution in [2.75, 3.05) is 7.11 Å². The van der Waals surface area contributed by atoms with Crippen LogP contribution < -0.4 is 0 Å². The zero-order chi connectivity index (χ0) is 14.5. The predicted octanol–water partition coefficient (Wildman–Crippen LogP) is 3.16. The first kappa shape index (κ1) is 15.4. The second-order valence-corrected chi connectivity index (χ2v) is 7.02. The summed E-state index contributed by atoms with van der Waals surface area (Å²) in [4.78, 5) is 16.4.